The SMILES string of the molecule is COc1ccc(CCC(=O)NC2CCN(C(=O)c3cccc4ccccc34)CC2)cc1OC. The van der Waals surface area contributed by atoms with Crippen LogP contribution in [0.3, 0.4) is 0 Å². The first-order valence-electron chi connectivity index (χ1n) is 11.4. The van der Waals surface area contributed by atoms with Gasteiger partial charge in [0, 0.05) is 31.1 Å². The second kappa shape index (κ2) is 10.4. The van der Waals surface area contributed by atoms with Gasteiger partial charge in [0.15, 0.2) is 11.5 Å². The lowest BCUT2D eigenvalue weighted by Gasteiger charge is -2.32. The summed E-state index contributed by atoms with van der Waals surface area (Å²) < 4.78 is 10.6. The van der Waals surface area contributed by atoms with Crippen LogP contribution in [0.15, 0.2) is 60.7 Å². The maximum atomic E-state index is 13.1. The minimum atomic E-state index is 0.0311. The van der Waals surface area contributed by atoms with E-state index in [-0.39, 0.29) is 17.9 Å². The third-order valence-electron chi connectivity index (χ3n) is 6.26. The molecule has 0 unspecified atom stereocenters. The molecule has 0 atom stereocenters. The number of amides is 2. The van der Waals surface area contributed by atoms with Crippen molar-refractivity contribution in [3.8, 4) is 11.5 Å². The number of rotatable bonds is 7. The molecule has 1 heterocycles. The highest BCUT2D eigenvalue weighted by molar-refractivity contribution is 6.07. The largest absolute Gasteiger partial charge is 0.493 e. The number of nitrogens with one attached hydrogen (secondary N) is 1. The quantitative estimate of drug-likeness (QED) is 0.590. The Labute approximate surface area is 194 Å². The van der Waals surface area contributed by atoms with Crippen LogP contribution in [-0.4, -0.2) is 50.1 Å². The van der Waals surface area contributed by atoms with E-state index in [0.29, 0.717) is 37.4 Å². The number of nitrogens with zero attached hydrogens (tertiary/aromatic N) is 1. The summed E-state index contributed by atoms with van der Waals surface area (Å²) in [6.45, 7) is 1.28. The molecule has 3 aromatic rings. The van der Waals surface area contributed by atoms with Gasteiger partial charge in [0.25, 0.3) is 5.91 Å². The van der Waals surface area contributed by atoms with Gasteiger partial charge in [-0.1, -0.05) is 42.5 Å². The van der Waals surface area contributed by atoms with Crippen LogP contribution in [0.1, 0.15) is 35.2 Å². The van der Waals surface area contributed by atoms with Crippen molar-refractivity contribution < 1.29 is 19.1 Å². The van der Waals surface area contributed by atoms with Crippen molar-refractivity contribution in [2.24, 2.45) is 0 Å². The van der Waals surface area contributed by atoms with E-state index in [0.717, 1.165) is 34.7 Å². The third kappa shape index (κ3) is 5.28. The highest BCUT2D eigenvalue weighted by Crippen LogP contribution is 2.28. The van der Waals surface area contributed by atoms with Crippen LogP contribution in [-0.2, 0) is 11.2 Å². The Morgan fingerprint density at radius 2 is 1.67 bits per heavy atom. The number of ether oxygens (including phenoxy) is 2. The average Bonchev–Trinajstić information content (AvgIpc) is 2.87. The lowest BCUT2D eigenvalue weighted by atomic mass is 10.0. The maximum absolute atomic E-state index is 13.1. The van der Waals surface area contributed by atoms with E-state index in [1.807, 2.05) is 65.6 Å². The first kappa shape index (κ1) is 22.6. The number of fused-ring (bicyclic) bond motifs is 1. The number of carbonyl (C=O) groups excluding carboxylic acids is 2. The van der Waals surface area contributed by atoms with Crippen molar-refractivity contribution in [1.82, 2.24) is 10.2 Å². The standard InChI is InChI=1S/C27H30N2O4/c1-32-24-12-10-19(18-25(24)33-2)11-13-26(30)28-21-14-16-29(17-15-21)27(31)23-9-5-7-20-6-3-4-8-22(20)23/h3-10,12,18,21H,11,13-17H2,1-2H3,(H,28,30). The normalized spacial score (nSPS) is 14.2. The van der Waals surface area contributed by atoms with Crippen molar-refractivity contribution in [3.05, 3.63) is 71.8 Å². The fourth-order valence-electron chi connectivity index (χ4n) is 4.40. The van der Waals surface area contributed by atoms with Crippen molar-refractivity contribution >= 4 is 22.6 Å². The van der Waals surface area contributed by atoms with E-state index in [1.54, 1.807) is 14.2 Å². The molecular weight excluding hydrogens is 416 g/mol. The molecule has 0 aromatic heterocycles. The molecule has 3 aromatic carbocycles. The molecule has 0 radical (unpaired) electrons. The van der Waals surface area contributed by atoms with Crippen molar-refractivity contribution in [2.45, 2.75) is 31.7 Å². The van der Waals surface area contributed by atoms with Gasteiger partial charge in [0.1, 0.15) is 0 Å². The minimum absolute atomic E-state index is 0.0311. The number of hydrogen-bond acceptors (Lipinski definition) is 4. The molecule has 1 fully saturated rings. The molecule has 0 bridgehead atoms. The summed E-state index contributed by atoms with van der Waals surface area (Å²) in [4.78, 5) is 27.5. The predicted octanol–water partition coefficient (Wildman–Crippen LogP) is 4.21. The highest BCUT2D eigenvalue weighted by Gasteiger charge is 2.25. The summed E-state index contributed by atoms with van der Waals surface area (Å²) in [6, 6.07) is 19.6. The molecule has 2 amide bonds. The molecular formula is C27H30N2O4. The zero-order valence-corrected chi connectivity index (χ0v) is 19.2. The Bertz CT molecular complexity index is 1130. The monoisotopic (exact) mass is 446 g/mol. The zero-order valence-electron chi connectivity index (χ0n) is 19.2. The molecule has 1 aliphatic rings. The molecule has 1 N–H and O–H groups in total. The second-order valence-electron chi connectivity index (χ2n) is 8.35. The van der Waals surface area contributed by atoms with E-state index in [9.17, 15) is 9.59 Å². The van der Waals surface area contributed by atoms with Crippen LogP contribution < -0.4 is 14.8 Å². The summed E-state index contributed by atoms with van der Waals surface area (Å²) in [5.41, 5.74) is 1.77. The predicted molar refractivity (Wildman–Crippen MR) is 129 cm³/mol. The topological polar surface area (TPSA) is 67.9 Å². The summed E-state index contributed by atoms with van der Waals surface area (Å²) >= 11 is 0. The molecule has 0 spiro atoms. The van der Waals surface area contributed by atoms with E-state index < -0.39 is 0 Å². The third-order valence-corrected chi connectivity index (χ3v) is 6.26. The Hall–Kier alpha value is -3.54. The second-order valence-corrected chi connectivity index (χ2v) is 8.35. The van der Waals surface area contributed by atoms with E-state index in [4.69, 9.17) is 9.47 Å². The van der Waals surface area contributed by atoms with E-state index in [2.05, 4.69) is 5.32 Å². The van der Waals surface area contributed by atoms with E-state index in [1.165, 1.54) is 0 Å². The fraction of sp³-hybridized carbons (Fsp3) is 0.333. The average molecular weight is 447 g/mol. The Morgan fingerprint density at radius 1 is 0.939 bits per heavy atom. The van der Waals surface area contributed by atoms with Crippen LogP contribution in [0.25, 0.3) is 10.8 Å². The zero-order chi connectivity index (χ0) is 23.2. The Kier molecular flexibility index (Phi) is 7.13. The molecule has 0 saturated carbocycles. The van der Waals surface area contributed by atoms with Gasteiger partial charge >= 0.3 is 0 Å². The number of benzene rings is 3. The van der Waals surface area contributed by atoms with Gasteiger partial charge in [0.2, 0.25) is 5.91 Å². The summed E-state index contributed by atoms with van der Waals surface area (Å²) in [6.07, 6.45) is 2.56. The van der Waals surface area contributed by atoms with Gasteiger partial charge < -0.3 is 19.7 Å². The Morgan fingerprint density at radius 3 is 2.42 bits per heavy atom. The van der Waals surface area contributed by atoms with Gasteiger partial charge in [0.05, 0.1) is 14.2 Å². The Balaban J connectivity index is 1.28. The van der Waals surface area contributed by atoms with Crippen LogP contribution in [0.5, 0.6) is 11.5 Å². The molecule has 33 heavy (non-hydrogen) atoms. The summed E-state index contributed by atoms with van der Waals surface area (Å²) in [5, 5.41) is 5.19. The van der Waals surface area contributed by atoms with Gasteiger partial charge in [-0.3, -0.25) is 9.59 Å². The van der Waals surface area contributed by atoms with Gasteiger partial charge in [-0.2, -0.15) is 0 Å². The molecule has 1 aliphatic heterocycles. The number of hydrogen-bond donors (Lipinski definition) is 1. The number of likely N-dealkylation sites (tertiary alicyclic amines) is 1. The summed E-state index contributed by atoms with van der Waals surface area (Å²) in [5.74, 6) is 1.43. The highest BCUT2D eigenvalue weighted by atomic mass is 16.5. The number of aryl methyl sites for hydroxylation is 1. The van der Waals surface area contributed by atoms with Crippen LogP contribution >= 0.6 is 0 Å². The lowest BCUT2D eigenvalue weighted by Crippen LogP contribution is -2.46. The first-order chi connectivity index (χ1) is 16.1. The molecule has 1 saturated heterocycles. The van der Waals surface area contributed by atoms with E-state index >= 15 is 0 Å². The lowest BCUT2D eigenvalue weighted by molar-refractivity contribution is -0.122. The van der Waals surface area contributed by atoms with Crippen molar-refractivity contribution in [1.29, 1.82) is 0 Å². The number of piperidine rings is 1. The van der Waals surface area contributed by atoms with Crippen molar-refractivity contribution in [2.75, 3.05) is 27.3 Å². The molecule has 6 nitrogen and oxygen atoms in total. The maximum Gasteiger partial charge on any atom is 0.254 e. The van der Waals surface area contributed by atoms with Gasteiger partial charge in [-0.25, -0.2) is 0 Å². The van der Waals surface area contributed by atoms with Crippen LogP contribution in [0.2, 0.25) is 0 Å². The first-order valence-corrected chi connectivity index (χ1v) is 11.4. The minimum Gasteiger partial charge on any atom is -0.493 e. The van der Waals surface area contributed by atoms with Gasteiger partial charge in [-0.05, 0) is 53.8 Å². The summed E-state index contributed by atoms with van der Waals surface area (Å²) in [7, 11) is 3.21. The molecule has 6 heteroatoms. The molecule has 0 aliphatic carbocycles. The van der Waals surface area contributed by atoms with Crippen LogP contribution in [0, 0.1) is 0 Å². The number of methoxy groups -OCH3 is 2. The van der Waals surface area contributed by atoms with Crippen LogP contribution in [0.4, 0.5) is 0 Å². The molecule has 4 rings (SSSR count). The van der Waals surface area contributed by atoms with Crippen molar-refractivity contribution in [3.63, 3.8) is 0 Å². The van der Waals surface area contributed by atoms with Gasteiger partial charge in [-0.15, -0.1) is 0 Å². The smallest absolute Gasteiger partial charge is 0.254 e. The molecule has 172 valence electrons. The fourth-order valence-corrected chi connectivity index (χ4v) is 4.40. The number of carbonyl (C=O) groups is 2.